The van der Waals surface area contributed by atoms with Crippen molar-refractivity contribution in [3.63, 3.8) is 0 Å². The lowest BCUT2D eigenvalue weighted by Crippen LogP contribution is -2.46. The van der Waals surface area contributed by atoms with Crippen LogP contribution in [0.4, 0.5) is 11.4 Å². The first-order valence-corrected chi connectivity index (χ1v) is 17.1. The maximum absolute atomic E-state index is 12.8. The van der Waals surface area contributed by atoms with E-state index in [1.54, 1.807) is 32.8 Å². The van der Waals surface area contributed by atoms with Crippen LogP contribution in [-0.2, 0) is 21.8 Å². The van der Waals surface area contributed by atoms with E-state index in [0.29, 0.717) is 19.8 Å². The van der Waals surface area contributed by atoms with Crippen LogP contribution in [0, 0.1) is 13.8 Å². The van der Waals surface area contributed by atoms with Gasteiger partial charge in [-0.1, -0.05) is 37.3 Å². The summed E-state index contributed by atoms with van der Waals surface area (Å²) in [6, 6.07) is 22.6. The van der Waals surface area contributed by atoms with Gasteiger partial charge in [-0.15, -0.1) is 0 Å². The quantitative estimate of drug-likeness (QED) is 0.195. The van der Waals surface area contributed by atoms with Crippen LogP contribution < -0.4 is 20.2 Å². The Morgan fingerprint density at radius 2 is 1.51 bits per heavy atom. The fourth-order valence-corrected chi connectivity index (χ4v) is 6.71. The molecule has 2 aliphatic heterocycles. The Hall–Kier alpha value is -4.94. The van der Waals surface area contributed by atoms with E-state index in [1.807, 2.05) is 49.4 Å². The predicted octanol–water partition coefficient (Wildman–Crippen LogP) is 4.89. The lowest BCUT2D eigenvalue weighted by atomic mass is 10.1. The SMILES string of the molecule is CCC(C)n1ncn(-c2ccc(N3CCN(c4cc(C)c(OC[C@@H]5CO[C@@](Cn6nccn6)(c6ccccc6)O5)c(C)c4)CC3)cc2)c1=O. The molecule has 2 aromatic heterocycles. The zero-order chi connectivity index (χ0) is 34.0. The van der Waals surface area contributed by atoms with E-state index in [4.69, 9.17) is 14.2 Å². The van der Waals surface area contributed by atoms with Gasteiger partial charge in [-0.05, 0) is 74.7 Å². The molecule has 7 rings (SSSR count). The Morgan fingerprint density at radius 1 is 0.878 bits per heavy atom. The average Bonchev–Trinajstić information content (AvgIpc) is 3.89. The number of anilines is 2. The van der Waals surface area contributed by atoms with Crippen molar-refractivity contribution in [1.29, 1.82) is 0 Å². The summed E-state index contributed by atoms with van der Waals surface area (Å²) in [6.45, 7) is 13.0. The summed E-state index contributed by atoms with van der Waals surface area (Å²) >= 11 is 0. The number of ether oxygens (including phenoxy) is 3. The van der Waals surface area contributed by atoms with Gasteiger partial charge in [0.1, 0.15) is 31.3 Å². The van der Waals surface area contributed by atoms with E-state index in [0.717, 1.165) is 66.4 Å². The van der Waals surface area contributed by atoms with Crippen LogP contribution in [0.3, 0.4) is 0 Å². The third-order valence-corrected chi connectivity index (χ3v) is 9.59. The summed E-state index contributed by atoms with van der Waals surface area (Å²) < 4.78 is 22.4. The molecule has 0 bridgehead atoms. The Bertz CT molecular complexity index is 1880. The molecule has 3 atom stereocenters. The first kappa shape index (κ1) is 32.6. The normalized spacial score (nSPS) is 20.1. The molecule has 12 nitrogen and oxygen atoms in total. The molecule has 0 radical (unpaired) electrons. The highest BCUT2D eigenvalue weighted by Crippen LogP contribution is 2.37. The number of hydrogen-bond acceptors (Lipinski definition) is 9. The summed E-state index contributed by atoms with van der Waals surface area (Å²) in [5, 5.41) is 12.9. The second-order valence-electron chi connectivity index (χ2n) is 12.9. The van der Waals surface area contributed by atoms with E-state index >= 15 is 0 Å². The van der Waals surface area contributed by atoms with Crippen LogP contribution >= 0.6 is 0 Å². The highest BCUT2D eigenvalue weighted by molar-refractivity contribution is 5.59. The molecule has 0 amide bonds. The van der Waals surface area contributed by atoms with Crippen LogP contribution in [0.1, 0.15) is 43.0 Å². The minimum absolute atomic E-state index is 0.0699. The molecule has 0 aliphatic carbocycles. The van der Waals surface area contributed by atoms with Gasteiger partial charge >= 0.3 is 5.69 Å². The van der Waals surface area contributed by atoms with Crippen molar-refractivity contribution in [3.8, 4) is 11.4 Å². The number of aromatic nitrogens is 6. The number of benzene rings is 3. The second-order valence-corrected chi connectivity index (χ2v) is 12.9. The molecule has 2 aliphatic rings. The molecular formula is C37H44N8O4. The third kappa shape index (κ3) is 6.70. The van der Waals surface area contributed by atoms with Gasteiger partial charge in [0.25, 0.3) is 0 Å². The Labute approximate surface area is 286 Å². The van der Waals surface area contributed by atoms with Gasteiger partial charge in [0.15, 0.2) is 0 Å². The van der Waals surface area contributed by atoms with E-state index in [9.17, 15) is 4.79 Å². The predicted molar refractivity (Wildman–Crippen MR) is 188 cm³/mol. The van der Waals surface area contributed by atoms with Crippen LogP contribution in [0.5, 0.6) is 5.75 Å². The largest absolute Gasteiger partial charge is 0.490 e. The number of nitrogens with zero attached hydrogens (tertiary/aromatic N) is 8. The molecule has 5 aromatic rings. The van der Waals surface area contributed by atoms with Crippen LogP contribution in [0.15, 0.2) is 90.2 Å². The monoisotopic (exact) mass is 664 g/mol. The van der Waals surface area contributed by atoms with Gasteiger partial charge in [-0.25, -0.2) is 14.0 Å². The van der Waals surface area contributed by atoms with Crippen molar-refractivity contribution in [2.24, 2.45) is 0 Å². The van der Waals surface area contributed by atoms with Crippen LogP contribution in [-0.4, -0.2) is 74.8 Å². The van der Waals surface area contributed by atoms with Crippen molar-refractivity contribution in [2.75, 3.05) is 49.2 Å². The molecule has 0 N–H and O–H groups in total. The number of hydrogen-bond donors (Lipinski definition) is 0. The first-order valence-electron chi connectivity index (χ1n) is 17.1. The van der Waals surface area contributed by atoms with Crippen LogP contribution in [0.2, 0.25) is 0 Å². The molecule has 1 unspecified atom stereocenters. The van der Waals surface area contributed by atoms with E-state index in [2.05, 4.69) is 70.1 Å². The summed E-state index contributed by atoms with van der Waals surface area (Å²) in [6.07, 6.45) is 5.52. The van der Waals surface area contributed by atoms with Gasteiger partial charge in [0, 0.05) is 43.1 Å². The molecule has 2 fully saturated rings. The molecule has 0 spiro atoms. The van der Waals surface area contributed by atoms with Gasteiger partial charge in [0.05, 0.1) is 30.7 Å². The number of rotatable bonds is 11. The first-order chi connectivity index (χ1) is 23.8. The standard InChI is InChI=1S/C37H44N8O4/c1-5-29(4)45-36(46)43(26-40-45)32-13-11-31(12-14-32)41-17-19-42(20-18-41)33-21-27(2)35(28(3)22-33)47-23-34-24-48-37(49-34,25-44-38-15-16-39-44)30-9-7-6-8-10-30/h6-16,21-22,26,29,34H,5,17-20,23-25H2,1-4H3/t29?,34-,37-/m1/s1. The van der Waals surface area contributed by atoms with Gasteiger partial charge in [-0.2, -0.15) is 20.1 Å². The molecule has 4 heterocycles. The molecular weight excluding hydrogens is 620 g/mol. The van der Waals surface area contributed by atoms with Gasteiger partial charge in [0.2, 0.25) is 5.79 Å². The molecule has 2 saturated heterocycles. The molecule has 3 aromatic carbocycles. The minimum atomic E-state index is -0.983. The Balaban J connectivity index is 0.958. The average molecular weight is 665 g/mol. The highest BCUT2D eigenvalue weighted by atomic mass is 16.8. The Morgan fingerprint density at radius 3 is 2.16 bits per heavy atom. The lowest BCUT2D eigenvalue weighted by molar-refractivity contribution is -0.192. The highest BCUT2D eigenvalue weighted by Gasteiger charge is 2.44. The zero-order valence-corrected chi connectivity index (χ0v) is 28.6. The second kappa shape index (κ2) is 13.9. The van der Waals surface area contributed by atoms with E-state index in [-0.39, 0.29) is 17.8 Å². The summed E-state index contributed by atoms with van der Waals surface area (Å²) in [4.78, 5) is 19.3. The van der Waals surface area contributed by atoms with Crippen molar-refractivity contribution < 1.29 is 14.2 Å². The lowest BCUT2D eigenvalue weighted by Gasteiger charge is -2.37. The summed E-state index contributed by atoms with van der Waals surface area (Å²) in [7, 11) is 0. The summed E-state index contributed by atoms with van der Waals surface area (Å²) in [5.41, 5.74) is 6.17. The molecule has 0 saturated carbocycles. The zero-order valence-electron chi connectivity index (χ0n) is 28.6. The van der Waals surface area contributed by atoms with E-state index < -0.39 is 5.79 Å². The fraction of sp³-hybridized carbons (Fsp3) is 0.405. The smallest absolute Gasteiger partial charge is 0.350 e. The van der Waals surface area contributed by atoms with Gasteiger partial charge in [-0.3, -0.25) is 0 Å². The third-order valence-electron chi connectivity index (χ3n) is 9.59. The molecule has 12 heteroatoms. The molecule has 49 heavy (non-hydrogen) atoms. The number of piperazine rings is 1. The van der Waals surface area contributed by atoms with Crippen molar-refractivity contribution >= 4 is 11.4 Å². The fourth-order valence-electron chi connectivity index (χ4n) is 6.71. The Kier molecular flexibility index (Phi) is 9.24. The van der Waals surface area contributed by atoms with E-state index in [1.165, 1.54) is 5.69 Å². The van der Waals surface area contributed by atoms with Gasteiger partial charge < -0.3 is 24.0 Å². The number of aryl methyl sites for hydroxylation is 2. The summed E-state index contributed by atoms with van der Waals surface area (Å²) in [5.74, 6) is -0.103. The van der Waals surface area contributed by atoms with Crippen molar-refractivity contribution in [3.05, 3.63) is 113 Å². The van der Waals surface area contributed by atoms with Crippen LogP contribution in [0.25, 0.3) is 5.69 Å². The topological polar surface area (TPSA) is 105 Å². The maximum Gasteiger partial charge on any atom is 0.350 e. The molecule has 256 valence electrons. The maximum atomic E-state index is 12.8. The van der Waals surface area contributed by atoms with Crippen molar-refractivity contribution in [1.82, 2.24) is 29.3 Å². The van der Waals surface area contributed by atoms with Crippen molar-refractivity contribution in [2.45, 2.75) is 58.6 Å². The minimum Gasteiger partial charge on any atom is -0.490 e.